The molecular formula is C15H20BrNO. The predicted octanol–water partition coefficient (Wildman–Crippen LogP) is 3.60. The number of unbranched alkanes of at least 4 members (excludes halogenated alkanes) is 1. The molecule has 98 valence electrons. The summed E-state index contributed by atoms with van der Waals surface area (Å²) in [6.07, 6.45) is 4.41. The van der Waals surface area contributed by atoms with Crippen LogP contribution in [0.3, 0.4) is 0 Å². The lowest BCUT2D eigenvalue weighted by atomic mass is 10.0. The van der Waals surface area contributed by atoms with Crippen LogP contribution < -0.4 is 0 Å². The Bertz CT molecular complexity index is 379. The molecule has 0 radical (unpaired) electrons. The van der Waals surface area contributed by atoms with Crippen LogP contribution in [0.5, 0.6) is 0 Å². The molecule has 0 bridgehead atoms. The van der Waals surface area contributed by atoms with Crippen LogP contribution >= 0.6 is 15.9 Å². The molecule has 0 aliphatic carbocycles. The smallest absolute Gasteiger partial charge is 0.226 e. The lowest BCUT2D eigenvalue weighted by Gasteiger charge is -2.16. The number of hydrogen-bond acceptors (Lipinski definition) is 1. The number of rotatable bonds is 6. The second-order valence-corrected chi connectivity index (χ2v) is 5.71. The molecule has 1 aromatic carbocycles. The predicted molar refractivity (Wildman–Crippen MR) is 77.6 cm³/mol. The Morgan fingerprint density at radius 1 is 1.22 bits per heavy atom. The largest absolute Gasteiger partial charge is 0.338 e. The van der Waals surface area contributed by atoms with E-state index in [9.17, 15) is 4.79 Å². The zero-order valence-corrected chi connectivity index (χ0v) is 12.2. The fourth-order valence-electron chi connectivity index (χ4n) is 2.52. The van der Waals surface area contributed by atoms with E-state index in [1.165, 1.54) is 12.0 Å². The Hall–Kier alpha value is -0.830. The van der Waals surface area contributed by atoms with Crippen molar-refractivity contribution >= 4 is 21.8 Å². The highest BCUT2D eigenvalue weighted by Crippen LogP contribution is 2.24. The number of alkyl halides is 1. The molecule has 1 fully saturated rings. The van der Waals surface area contributed by atoms with Crippen LogP contribution in [0.15, 0.2) is 30.3 Å². The maximum Gasteiger partial charge on any atom is 0.226 e. The lowest BCUT2D eigenvalue weighted by Crippen LogP contribution is -2.26. The van der Waals surface area contributed by atoms with Crippen LogP contribution in [-0.2, 0) is 11.3 Å². The molecule has 1 atom stereocenters. The number of hydrogen-bond donors (Lipinski definition) is 0. The molecule has 1 unspecified atom stereocenters. The topological polar surface area (TPSA) is 20.3 Å². The molecule has 0 aromatic heterocycles. The fraction of sp³-hybridized carbons (Fsp3) is 0.533. The maximum absolute atomic E-state index is 12.2. The van der Waals surface area contributed by atoms with Gasteiger partial charge in [-0.1, -0.05) is 52.7 Å². The van der Waals surface area contributed by atoms with E-state index in [0.29, 0.717) is 5.91 Å². The summed E-state index contributed by atoms with van der Waals surface area (Å²) < 4.78 is 0. The fourth-order valence-corrected chi connectivity index (χ4v) is 2.91. The third-order valence-corrected chi connectivity index (χ3v) is 4.12. The molecule has 1 amide bonds. The van der Waals surface area contributed by atoms with E-state index in [1.807, 2.05) is 23.1 Å². The van der Waals surface area contributed by atoms with Crippen molar-refractivity contribution in [2.45, 2.75) is 32.2 Å². The van der Waals surface area contributed by atoms with Crippen LogP contribution in [-0.4, -0.2) is 22.7 Å². The summed E-state index contributed by atoms with van der Waals surface area (Å²) in [5.41, 5.74) is 1.23. The van der Waals surface area contributed by atoms with Crippen molar-refractivity contribution < 1.29 is 4.79 Å². The van der Waals surface area contributed by atoms with Gasteiger partial charge in [0.1, 0.15) is 0 Å². The minimum absolute atomic E-state index is 0.271. The number of nitrogens with zero attached hydrogens (tertiary/aromatic N) is 1. The van der Waals surface area contributed by atoms with Gasteiger partial charge in [-0.3, -0.25) is 4.79 Å². The first-order valence-electron chi connectivity index (χ1n) is 6.70. The number of likely N-dealkylation sites (tertiary alicyclic amines) is 1. The minimum Gasteiger partial charge on any atom is -0.338 e. The Balaban J connectivity index is 1.83. The summed E-state index contributed by atoms with van der Waals surface area (Å²) in [6, 6.07) is 10.3. The van der Waals surface area contributed by atoms with Crippen molar-refractivity contribution in [2.24, 2.45) is 5.92 Å². The van der Waals surface area contributed by atoms with Crippen molar-refractivity contribution in [1.82, 2.24) is 4.90 Å². The molecule has 1 aliphatic heterocycles. The molecule has 2 nitrogen and oxygen atoms in total. The van der Waals surface area contributed by atoms with Gasteiger partial charge in [-0.25, -0.2) is 0 Å². The van der Waals surface area contributed by atoms with Gasteiger partial charge in [-0.15, -0.1) is 0 Å². The highest BCUT2D eigenvalue weighted by molar-refractivity contribution is 9.09. The molecule has 1 aromatic rings. The summed E-state index contributed by atoms with van der Waals surface area (Å²) in [7, 11) is 0. The summed E-state index contributed by atoms with van der Waals surface area (Å²) >= 11 is 3.43. The maximum atomic E-state index is 12.2. The van der Waals surface area contributed by atoms with Crippen molar-refractivity contribution in [3.63, 3.8) is 0 Å². The van der Waals surface area contributed by atoms with E-state index in [-0.39, 0.29) is 5.92 Å². The summed E-state index contributed by atoms with van der Waals surface area (Å²) in [5, 5.41) is 1.04. The van der Waals surface area contributed by atoms with Gasteiger partial charge in [0.25, 0.3) is 0 Å². The van der Waals surface area contributed by atoms with Gasteiger partial charge in [0.15, 0.2) is 0 Å². The van der Waals surface area contributed by atoms with Crippen LogP contribution in [0.4, 0.5) is 0 Å². The third-order valence-electron chi connectivity index (χ3n) is 3.56. The van der Waals surface area contributed by atoms with E-state index in [4.69, 9.17) is 0 Å². The zero-order valence-electron chi connectivity index (χ0n) is 10.6. The number of carbonyl (C=O) groups excluding carboxylic acids is 1. The summed E-state index contributed by atoms with van der Waals surface area (Å²) in [6.45, 7) is 1.70. The first-order valence-corrected chi connectivity index (χ1v) is 7.82. The van der Waals surface area contributed by atoms with Gasteiger partial charge >= 0.3 is 0 Å². The number of benzene rings is 1. The number of amides is 1. The van der Waals surface area contributed by atoms with Crippen LogP contribution in [0.1, 0.15) is 31.2 Å². The average Bonchev–Trinajstić information content (AvgIpc) is 2.73. The molecule has 1 saturated heterocycles. The quantitative estimate of drug-likeness (QED) is 0.581. The number of halogens is 1. The highest BCUT2D eigenvalue weighted by atomic mass is 79.9. The molecule has 0 saturated carbocycles. The van der Waals surface area contributed by atoms with E-state index in [0.717, 1.165) is 37.7 Å². The SMILES string of the molecule is O=C1C(CCCCBr)CCN1Cc1ccccc1. The van der Waals surface area contributed by atoms with Crippen molar-refractivity contribution in [3.8, 4) is 0 Å². The first kappa shape index (κ1) is 13.6. The Labute approximate surface area is 117 Å². The van der Waals surface area contributed by atoms with Crippen molar-refractivity contribution in [3.05, 3.63) is 35.9 Å². The van der Waals surface area contributed by atoms with Crippen LogP contribution in [0.25, 0.3) is 0 Å². The first-order chi connectivity index (χ1) is 8.81. The molecule has 2 rings (SSSR count). The van der Waals surface area contributed by atoms with Gasteiger partial charge in [-0.05, 0) is 24.8 Å². The summed E-state index contributed by atoms with van der Waals surface area (Å²) in [4.78, 5) is 14.2. The van der Waals surface area contributed by atoms with Crippen molar-refractivity contribution in [2.75, 3.05) is 11.9 Å². The Morgan fingerprint density at radius 2 is 2.00 bits per heavy atom. The molecule has 18 heavy (non-hydrogen) atoms. The number of carbonyl (C=O) groups is 1. The van der Waals surface area contributed by atoms with E-state index in [2.05, 4.69) is 28.1 Å². The van der Waals surface area contributed by atoms with Gasteiger partial charge < -0.3 is 4.90 Å². The van der Waals surface area contributed by atoms with Crippen LogP contribution in [0.2, 0.25) is 0 Å². The van der Waals surface area contributed by atoms with Gasteiger partial charge in [0.2, 0.25) is 5.91 Å². The zero-order chi connectivity index (χ0) is 12.8. The monoisotopic (exact) mass is 309 g/mol. The standard InChI is InChI=1S/C15H20BrNO/c16-10-5-4-8-14-9-11-17(15(14)18)12-13-6-2-1-3-7-13/h1-3,6-7,14H,4-5,8-12H2. The average molecular weight is 310 g/mol. The second-order valence-electron chi connectivity index (χ2n) is 4.92. The third kappa shape index (κ3) is 3.58. The summed E-state index contributed by atoms with van der Waals surface area (Å²) in [5.74, 6) is 0.626. The molecule has 0 N–H and O–H groups in total. The lowest BCUT2D eigenvalue weighted by molar-refractivity contribution is -0.131. The highest BCUT2D eigenvalue weighted by Gasteiger charge is 2.30. The van der Waals surface area contributed by atoms with E-state index >= 15 is 0 Å². The molecule has 1 aliphatic rings. The molecular weight excluding hydrogens is 290 g/mol. The Morgan fingerprint density at radius 3 is 2.72 bits per heavy atom. The van der Waals surface area contributed by atoms with Crippen LogP contribution in [0, 0.1) is 5.92 Å². The Kier molecular flexibility index (Phi) is 5.24. The van der Waals surface area contributed by atoms with Gasteiger partial charge in [0, 0.05) is 24.3 Å². The minimum atomic E-state index is 0.271. The molecule has 0 spiro atoms. The van der Waals surface area contributed by atoms with Gasteiger partial charge in [-0.2, -0.15) is 0 Å². The van der Waals surface area contributed by atoms with Gasteiger partial charge in [0.05, 0.1) is 0 Å². The normalized spacial score (nSPS) is 19.5. The van der Waals surface area contributed by atoms with E-state index < -0.39 is 0 Å². The van der Waals surface area contributed by atoms with Crippen molar-refractivity contribution in [1.29, 1.82) is 0 Å². The molecule has 3 heteroatoms. The molecule has 1 heterocycles. The van der Waals surface area contributed by atoms with E-state index in [1.54, 1.807) is 0 Å². The second kappa shape index (κ2) is 6.93.